The number of pyridine rings is 1. The zero-order chi connectivity index (χ0) is 21.3. The summed E-state index contributed by atoms with van der Waals surface area (Å²) in [6, 6.07) is 14.3. The quantitative estimate of drug-likeness (QED) is 0.641. The average Bonchev–Trinajstić information content (AvgIpc) is 2.73. The molecule has 1 aliphatic rings. The monoisotopic (exact) mass is 423 g/mol. The molecule has 0 saturated heterocycles. The van der Waals surface area contributed by atoms with Crippen molar-refractivity contribution in [3.8, 4) is 0 Å². The summed E-state index contributed by atoms with van der Waals surface area (Å²) in [5.74, 6) is -0.922. The van der Waals surface area contributed by atoms with Crippen molar-refractivity contribution in [1.29, 1.82) is 0 Å². The van der Waals surface area contributed by atoms with Gasteiger partial charge in [-0.25, -0.2) is 4.79 Å². The van der Waals surface area contributed by atoms with E-state index in [4.69, 9.17) is 21.3 Å². The van der Waals surface area contributed by atoms with Crippen LogP contribution in [0.4, 0.5) is 5.69 Å². The summed E-state index contributed by atoms with van der Waals surface area (Å²) >= 11 is 5.87. The number of nitrogens with zero attached hydrogens (tertiary/aromatic N) is 2. The number of para-hydroxylation sites is 1. The van der Waals surface area contributed by atoms with Gasteiger partial charge in [0.1, 0.15) is 0 Å². The molecule has 154 valence electrons. The van der Waals surface area contributed by atoms with Crippen molar-refractivity contribution < 1.29 is 14.3 Å². The van der Waals surface area contributed by atoms with E-state index in [0.717, 1.165) is 35.1 Å². The number of ether oxygens (including phenoxy) is 1. The molecule has 3 aromatic rings. The third kappa shape index (κ3) is 4.15. The Bertz CT molecular complexity index is 1110. The summed E-state index contributed by atoms with van der Waals surface area (Å²) in [4.78, 5) is 32.6. The standard InChI is InChI=1S/C23H22ClN3O3/c1-14(22(28)25-16-9-7-15(24)8-10-16)30-23(29)21-17-5-3-4-6-19(17)26-20-11-12-27(2)13-18(20)21/h3-10,14H,11-13H2,1-2H3,(H,25,28). The minimum Gasteiger partial charge on any atom is -0.449 e. The second kappa shape index (κ2) is 8.42. The number of hydrogen-bond acceptors (Lipinski definition) is 5. The lowest BCUT2D eigenvalue weighted by atomic mass is 9.96. The number of rotatable bonds is 4. The van der Waals surface area contributed by atoms with Crippen LogP contribution in [0.2, 0.25) is 5.02 Å². The number of amides is 1. The number of nitrogens with one attached hydrogen (secondary N) is 1. The van der Waals surface area contributed by atoms with Crippen LogP contribution >= 0.6 is 11.6 Å². The summed E-state index contributed by atoms with van der Waals surface area (Å²) in [5.41, 5.74) is 3.62. The fourth-order valence-electron chi connectivity index (χ4n) is 3.61. The number of halogens is 1. The fraction of sp³-hybridized carbons (Fsp3) is 0.261. The van der Waals surface area contributed by atoms with Crippen LogP contribution in [0.5, 0.6) is 0 Å². The highest BCUT2D eigenvalue weighted by Gasteiger charge is 2.27. The molecule has 1 N–H and O–H groups in total. The van der Waals surface area contributed by atoms with Crippen LogP contribution in [0, 0.1) is 0 Å². The smallest absolute Gasteiger partial charge is 0.339 e. The highest BCUT2D eigenvalue weighted by atomic mass is 35.5. The summed E-state index contributed by atoms with van der Waals surface area (Å²) in [5, 5.41) is 4.05. The van der Waals surface area contributed by atoms with E-state index in [9.17, 15) is 9.59 Å². The van der Waals surface area contributed by atoms with Crippen molar-refractivity contribution in [2.75, 3.05) is 18.9 Å². The molecule has 1 atom stereocenters. The second-order valence-corrected chi connectivity index (χ2v) is 7.90. The SMILES string of the molecule is CC(OC(=O)c1c2c(nc3ccccc13)CCN(C)C2)C(=O)Nc1ccc(Cl)cc1. The van der Waals surface area contributed by atoms with Crippen molar-refractivity contribution >= 4 is 40.1 Å². The summed E-state index contributed by atoms with van der Waals surface area (Å²) < 4.78 is 5.58. The van der Waals surface area contributed by atoms with Crippen LogP contribution in [0.1, 0.15) is 28.5 Å². The van der Waals surface area contributed by atoms with Crippen molar-refractivity contribution in [1.82, 2.24) is 9.88 Å². The van der Waals surface area contributed by atoms with Gasteiger partial charge in [-0.15, -0.1) is 0 Å². The molecule has 1 aliphatic heterocycles. The number of carbonyl (C=O) groups excluding carboxylic acids is 2. The number of esters is 1. The number of aromatic nitrogens is 1. The van der Waals surface area contributed by atoms with Crippen molar-refractivity contribution in [2.45, 2.75) is 26.0 Å². The molecule has 2 heterocycles. The molecule has 0 saturated carbocycles. The number of likely N-dealkylation sites (N-methyl/N-ethyl adjacent to an activating group) is 1. The molecule has 0 bridgehead atoms. The number of hydrogen-bond donors (Lipinski definition) is 1. The third-order valence-electron chi connectivity index (χ3n) is 5.21. The normalized spacial score (nSPS) is 14.8. The number of fused-ring (bicyclic) bond motifs is 2. The zero-order valence-corrected chi connectivity index (χ0v) is 17.6. The van der Waals surface area contributed by atoms with Gasteiger partial charge in [0.25, 0.3) is 5.91 Å². The maximum absolute atomic E-state index is 13.2. The van der Waals surface area contributed by atoms with Gasteiger partial charge < -0.3 is 15.0 Å². The van der Waals surface area contributed by atoms with Crippen molar-refractivity contribution in [3.05, 3.63) is 70.4 Å². The third-order valence-corrected chi connectivity index (χ3v) is 5.46. The topological polar surface area (TPSA) is 71.5 Å². The van der Waals surface area contributed by atoms with E-state index in [-0.39, 0.29) is 0 Å². The zero-order valence-electron chi connectivity index (χ0n) is 16.8. The Morgan fingerprint density at radius 1 is 1.17 bits per heavy atom. The van der Waals surface area contributed by atoms with Gasteiger partial charge in [-0.2, -0.15) is 0 Å². The van der Waals surface area contributed by atoms with Crippen LogP contribution in [0.3, 0.4) is 0 Å². The van der Waals surface area contributed by atoms with Gasteiger partial charge in [0.15, 0.2) is 6.10 Å². The maximum Gasteiger partial charge on any atom is 0.339 e. The van der Waals surface area contributed by atoms with Crippen LogP contribution in [0.25, 0.3) is 10.9 Å². The fourth-order valence-corrected chi connectivity index (χ4v) is 3.73. The molecular formula is C23H22ClN3O3. The van der Waals surface area contributed by atoms with Gasteiger partial charge in [0, 0.05) is 46.9 Å². The lowest BCUT2D eigenvalue weighted by Crippen LogP contribution is -2.32. The average molecular weight is 424 g/mol. The molecule has 0 fully saturated rings. The molecule has 6 nitrogen and oxygen atoms in total. The van der Waals surface area contributed by atoms with E-state index in [0.29, 0.717) is 22.8 Å². The van der Waals surface area contributed by atoms with E-state index < -0.39 is 18.0 Å². The second-order valence-electron chi connectivity index (χ2n) is 7.46. The van der Waals surface area contributed by atoms with Crippen LogP contribution in [-0.4, -0.2) is 41.5 Å². The van der Waals surface area contributed by atoms with E-state index in [1.54, 1.807) is 31.2 Å². The largest absolute Gasteiger partial charge is 0.449 e. The Hall–Kier alpha value is -2.96. The molecule has 0 spiro atoms. The lowest BCUT2D eigenvalue weighted by molar-refractivity contribution is -0.123. The summed E-state index contributed by atoms with van der Waals surface area (Å²) in [7, 11) is 2.01. The van der Waals surface area contributed by atoms with Gasteiger partial charge in [-0.1, -0.05) is 29.8 Å². The Balaban J connectivity index is 1.60. The molecule has 4 rings (SSSR count). The number of carbonyl (C=O) groups is 2. The lowest BCUT2D eigenvalue weighted by Gasteiger charge is -2.27. The Morgan fingerprint density at radius 3 is 2.67 bits per heavy atom. The molecule has 0 aliphatic carbocycles. The first kappa shape index (κ1) is 20.3. The predicted molar refractivity (Wildman–Crippen MR) is 117 cm³/mol. The summed E-state index contributed by atoms with van der Waals surface area (Å²) in [6.07, 6.45) is -0.194. The Kier molecular flexibility index (Phi) is 5.70. The van der Waals surface area contributed by atoms with Crippen LogP contribution in [0.15, 0.2) is 48.5 Å². The predicted octanol–water partition coefficient (Wildman–Crippen LogP) is 4.06. The molecule has 7 heteroatoms. The van der Waals surface area contributed by atoms with E-state index >= 15 is 0 Å². The Labute approximate surface area is 179 Å². The highest BCUT2D eigenvalue weighted by molar-refractivity contribution is 6.30. The van der Waals surface area contributed by atoms with E-state index in [1.807, 2.05) is 31.3 Å². The van der Waals surface area contributed by atoms with E-state index in [1.165, 1.54) is 0 Å². The van der Waals surface area contributed by atoms with Gasteiger partial charge in [0.2, 0.25) is 0 Å². The maximum atomic E-state index is 13.2. The molecule has 30 heavy (non-hydrogen) atoms. The molecule has 1 aromatic heterocycles. The van der Waals surface area contributed by atoms with Gasteiger partial charge in [-0.05, 0) is 44.3 Å². The molecule has 2 aromatic carbocycles. The molecule has 1 unspecified atom stereocenters. The first-order valence-electron chi connectivity index (χ1n) is 9.79. The van der Waals surface area contributed by atoms with Gasteiger partial charge in [-0.3, -0.25) is 9.78 Å². The molecule has 1 amide bonds. The van der Waals surface area contributed by atoms with Crippen molar-refractivity contribution in [3.63, 3.8) is 0 Å². The minimum atomic E-state index is -0.961. The van der Waals surface area contributed by atoms with Crippen LogP contribution in [-0.2, 0) is 22.5 Å². The minimum absolute atomic E-state index is 0.407. The van der Waals surface area contributed by atoms with Crippen molar-refractivity contribution in [2.24, 2.45) is 0 Å². The summed E-state index contributed by atoms with van der Waals surface area (Å²) in [6.45, 7) is 3.06. The first-order chi connectivity index (χ1) is 14.4. The van der Waals surface area contributed by atoms with Gasteiger partial charge in [0.05, 0.1) is 11.1 Å². The molecule has 0 radical (unpaired) electrons. The van der Waals surface area contributed by atoms with Gasteiger partial charge >= 0.3 is 5.97 Å². The number of benzene rings is 2. The Morgan fingerprint density at radius 2 is 1.90 bits per heavy atom. The molecular weight excluding hydrogens is 402 g/mol. The number of anilines is 1. The highest BCUT2D eigenvalue weighted by Crippen LogP contribution is 2.28. The van der Waals surface area contributed by atoms with Crippen LogP contribution < -0.4 is 5.32 Å². The first-order valence-corrected chi connectivity index (χ1v) is 10.2. The van der Waals surface area contributed by atoms with E-state index in [2.05, 4.69) is 10.2 Å².